The van der Waals surface area contributed by atoms with E-state index in [0.29, 0.717) is 18.8 Å². The van der Waals surface area contributed by atoms with Gasteiger partial charge in [0.2, 0.25) is 0 Å². The summed E-state index contributed by atoms with van der Waals surface area (Å²) in [5.74, 6) is -0.354. The molecule has 0 aromatic heterocycles. The first-order valence-electron chi connectivity index (χ1n) is 4.50. The highest BCUT2D eigenvalue weighted by molar-refractivity contribution is 5.94. The lowest BCUT2D eigenvalue weighted by Crippen LogP contribution is -2.28. The van der Waals surface area contributed by atoms with Gasteiger partial charge in [-0.05, 0) is 24.6 Å². The van der Waals surface area contributed by atoms with Crippen LogP contribution in [0.5, 0.6) is 0 Å². The first-order chi connectivity index (χ1) is 6.68. The molecule has 1 aromatic rings. The number of nitrogens with zero attached hydrogens (tertiary/aromatic N) is 1. The minimum Gasteiger partial charge on any atom is -0.336 e. The van der Waals surface area contributed by atoms with Gasteiger partial charge in [-0.25, -0.2) is 9.18 Å². The highest BCUT2D eigenvalue weighted by Crippen LogP contribution is 2.21. The molecule has 1 N–H and O–H groups in total. The van der Waals surface area contributed by atoms with Crippen molar-refractivity contribution < 1.29 is 9.18 Å². The second-order valence-electron chi connectivity index (χ2n) is 3.34. The van der Waals surface area contributed by atoms with Crippen LogP contribution in [0.25, 0.3) is 0 Å². The van der Waals surface area contributed by atoms with Crippen LogP contribution in [0.3, 0.4) is 0 Å². The van der Waals surface area contributed by atoms with Gasteiger partial charge in [0.1, 0.15) is 5.82 Å². The summed E-state index contributed by atoms with van der Waals surface area (Å²) in [5.41, 5.74) is 1.31. The standard InChI is InChI=1S/C10H11FN2O/c1-7-2-3-8(11)9(6-7)13-5-4-12-10(13)14/h2-3,6H,4-5H2,1H3,(H,12,14). The lowest BCUT2D eigenvalue weighted by atomic mass is 10.2. The Morgan fingerprint density at radius 1 is 1.50 bits per heavy atom. The Morgan fingerprint density at radius 2 is 2.29 bits per heavy atom. The summed E-state index contributed by atoms with van der Waals surface area (Å²) >= 11 is 0. The molecule has 0 spiro atoms. The minimum absolute atomic E-state index is 0.227. The SMILES string of the molecule is Cc1ccc(F)c(N2CCNC2=O)c1. The van der Waals surface area contributed by atoms with Gasteiger partial charge in [-0.15, -0.1) is 0 Å². The summed E-state index contributed by atoms with van der Waals surface area (Å²) in [4.78, 5) is 12.7. The quantitative estimate of drug-likeness (QED) is 0.724. The van der Waals surface area contributed by atoms with Crippen LogP contribution in [0, 0.1) is 12.7 Å². The van der Waals surface area contributed by atoms with Crippen molar-refractivity contribution in [3.05, 3.63) is 29.6 Å². The summed E-state index contributed by atoms with van der Waals surface area (Å²) in [6.45, 7) is 2.97. The Hall–Kier alpha value is -1.58. The van der Waals surface area contributed by atoms with Gasteiger partial charge in [0.05, 0.1) is 5.69 Å². The number of hydrogen-bond acceptors (Lipinski definition) is 1. The average Bonchev–Trinajstić information content (AvgIpc) is 2.56. The molecule has 4 heteroatoms. The minimum atomic E-state index is -0.354. The number of nitrogens with one attached hydrogen (secondary N) is 1. The number of amides is 2. The van der Waals surface area contributed by atoms with E-state index >= 15 is 0 Å². The highest BCUT2D eigenvalue weighted by atomic mass is 19.1. The molecule has 1 fully saturated rings. The average molecular weight is 194 g/mol. The molecular formula is C10H11FN2O. The van der Waals surface area contributed by atoms with Crippen molar-refractivity contribution >= 4 is 11.7 Å². The molecule has 1 aliphatic heterocycles. The summed E-state index contributed by atoms with van der Waals surface area (Å²) < 4.78 is 13.4. The molecule has 1 saturated heterocycles. The number of benzene rings is 1. The zero-order valence-electron chi connectivity index (χ0n) is 7.88. The molecule has 2 rings (SSSR count). The number of rotatable bonds is 1. The van der Waals surface area contributed by atoms with E-state index in [-0.39, 0.29) is 11.8 Å². The van der Waals surface area contributed by atoms with Gasteiger partial charge in [-0.1, -0.05) is 6.07 Å². The van der Waals surface area contributed by atoms with Crippen molar-refractivity contribution in [3.63, 3.8) is 0 Å². The van der Waals surface area contributed by atoms with Gasteiger partial charge in [-0.3, -0.25) is 4.90 Å². The number of urea groups is 1. The number of carbonyl (C=O) groups excluding carboxylic acids is 1. The number of hydrogen-bond donors (Lipinski definition) is 1. The van der Waals surface area contributed by atoms with E-state index in [1.165, 1.54) is 11.0 Å². The van der Waals surface area contributed by atoms with Crippen LogP contribution in [0.1, 0.15) is 5.56 Å². The summed E-state index contributed by atoms with van der Waals surface area (Å²) in [6, 6.07) is 4.53. The molecule has 0 saturated carbocycles. The van der Waals surface area contributed by atoms with E-state index < -0.39 is 0 Å². The summed E-state index contributed by atoms with van der Waals surface area (Å²) in [6.07, 6.45) is 0. The molecule has 1 aromatic carbocycles. The van der Waals surface area contributed by atoms with Gasteiger partial charge in [0.15, 0.2) is 0 Å². The summed E-state index contributed by atoms with van der Waals surface area (Å²) in [7, 11) is 0. The lowest BCUT2D eigenvalue weighted by molar-refractivity contribution is 0.252. The van der Waals surface area contributed by atoms with E-state index in [9.17, 15) is 9.18 Å². The maximum atomic E-state index is 13.4. The van der Waals surface area contributed by atoms with Crippen LogP contribution in [0.2, 0.25) is 0 Å². The van der Waals surface area contributed by atoms with Crippen LogP contribution in [0.15, 0.2) is 18.2 Å². The fourth-order valence-electron chi connectivity index (χ4n) is 1.53. The van der Waals surface area contributed by atoms with E-state index in [1.807, 2.05) is 6.92 Å². The normalized spacial score (nSPS) is 15.9. The zero-order chi connectivity index (χ0) is 10.1. The third-order valence-electron chi connectivity index (χ3n) is 2.25. The molecule has 1 aliphatic rings. The van der Waals surface area contributed by atoms with Gasteiger partial charge >= 0.3 is 6.03 Å². The van der Waals surface area contributed by atoms with E-state index in [4.69, 9.17) is 0 Å². The van der Waals surface area contributed by atoms with Crippen molar-refractivity contribution in [1.29, 1.82) is 0 Å². The smallest absolute Gasteiger partial charge is 0.322 e. The second kappa shape index (κ2) is 3.29. The first kappa shape index (κ1) is 8.99. The molecule has 3 nitrogen and oxygen atoms in total. The van der Waals surface area contributed by atoms with Gasteiger partial charge in [0, 0.05) is 13.1 Å². The molecule has 74 valence electrons. The van der Waals surface area contributed by atoms with Crippen LogP contribution in [-0.4, -0.2) is 19.1 Å². The second-order valence-corrected chi connectivity index (χ2v) is 3.34. The predicted octanol–water partition coefficient (Wildman–Crippen LogP) is 1.66. The van der Waals surface area contributed by atoms with Crippen molar-refractivity contribution in [2.24, 2.45) is 0 Å². The fraction of sp³-hybridized carbons (Fsp3) is 0.300. The van der Waals surface area contributed by atoms with Gasteiger partial charge < -0.3 is 5.32 Å². The molecule has 1 heterocycles. The Labute approximate surface area is 81.5 Å². The topological polar surface area (TPSA) is 32.3 Å². The lowest BCUT2D eigenvalue weighted by Gasteiger charge is -2.15. The number of carbonyl (C=O) groups is 1. The maximum Gasteiger partial charge on any atom is 0.322 e. The van der Waals surface area contributed by atoms with Crippen LogP contribution in [-0.2, 0) is 0 Å². The Morgan fingerprint density at radius 3 is 2.93 bits per heavy atom. The zero-order valence-corrected chi connectivity index (χ0v) is 7.88. The molecule has 0 radical (unpaired) electrons. The van der Waals surface area contributed by atoms with Crippen LogP contribution >= 0.6 is 0 Å². The van der Waals surface area contributed by atoms with Gasteiger partial charge in [0.25, 0.3) is 0 Å². The Kier molecular flexibility index (Phi) is 2.11. The van der Waals surface area contributed by atoms with Crippen molar-refractivity contribution in [2.45, 2.75) is 6.92 Å². The molecule has 0 aliphatic carbocycles. The van der Waals surface area contributed by atoms with Crippen molar-refractivity contribution in [3.8, 4) is 0 Å². The Bertz CT molecular complexity index is 378. The molecule has 14 heavy (non-hydrogen) atoms. The number of halogens is 1. The molecule has 0 bridgehead atoms. The third-order valence-corrected chi connectivity index (χ3v) is 2.25. The molecular weight excluding hydrogens is 183 g/mol. The van der Waals surface area contributed by atoms with E-state index in [2.05, 4.69) is 5.32 Å². The monoisotopic (exact) mass is 194 g/mol. The maximum absolute atomic E-state index is 13.4. The largest absolute Gasteiger partial charge is 0.336 e. The van der Waals surface area contributed by atoms with E-state index in [0.717, 1.165) is 5.56 Å². The molecule has 0 unspecified atom stereocenters. The summed E-state index contributed by atoms with van der Waals surface area (Å²) in [5, 5.41) is 2.64. The number of aryl methyl sites for hydroxylation is 1. The van der Waals surface area contributed by atoms with Crippen molar-refractivity contribution in [2.75, 3.05) is 18.0 Å². The molecule has 0 atom stereocenters. The van der Waals surface area contributed by atoms with Gasteiger partial charge in [-0.2, -0.15) is 0 Å². The van der Waals surface area contributed by atoms with Crippen LogP contribution in [0.4, 0.5) is 14.9 Å². The predicted molar refractivity (Wildman–Crippen MR) is 51.9 cm³/mol. The first-order valence-corrected chi connectivity index (χ1v) is 4.50. The fourth-order valence-corrected chi connectivity index (χ4v) is 1.53. The number of anilines is 1. The highest BCUT2D eigenvalue weighted by Gasteiger charge is 2.23. The molecule has 2 amide bonds. The third kappa shape index (κ3) is 1.43. The Balaban J connectivity index is 2.39. The van der Waals surface area contributed by atoms with Crippen LogP contribution < -0.4 is 10.2 Å². The van der Waals surface area contributed by atoms with Crippen molar-refractivity contribution in [1.82, 2.24) is 5.32 Å². The van der Waals surface area contributed by atoms with E-state index in [1.54, 1.807) is 12.1 Å².